The van der Waals surface area contributed by atoms with Gasteiger partial charge in [0.05, 0.1) is 29.7 Å². The molecule has 1 heterocycles. The van der Waals surface area contributed by atoms with Crippen molar-refractivity contribution in [1.29, 1.82) is 0 Å². The van der Waals surface area contributed by atoms with Gasteiger partial charge in [-0.25, -0.2) is 8.42 Å². The van der Waals surface area contributed by atoms with Crippen LogP contribution in [0.15, 0.2) is 23.1 Å². The third kappa shape index (κ3) is 3.04. The van der Waals surface area contributed by atoms with Gasteiger partial charge in [0.2, 0.25) is 10.0 Å². The predicted octanol–water partition coefficient (Wildman–Crippen LogP) is 2.15. The standard InChI is InChI=1S/C14H18ClNO4S/c1-19-13-5-4-11(8-12(13)15)21(17,18)16-6-7-20-14(9-16)10-2-3-10/h4-5,8,10,14H,2-3,6-7,9H2,1H3. The second kappa shape index (κ2) is 5.76. The van der Waals surface area contributed by atoms with Crippen molar-refractivity contribution in [2.75, 3.05) is 26.8 Å². The Bertz CT molecular complexity index is 630. The van der Waals surface area contributed by atoms with Gasteiger partial charge in [0.15, 0.2) is 0 Å². The Balaban J connectivity index is 1.83. The smallest absolute Gasteiger partial charge is 0.243 e. The molecule has 1 aromatic rings. The summed E-state index contributed by atoms with van der Waals surface area (Å²) in [4.78, 5) is 0.199. The van der Waals surface area contributed by atoms with Gasteiger partial charge < -0.3 is 9.47 Å². The average molecular weight is 332 g/mol. The first-order valence-corrected chi connectivity index (χ1v) is 8.79. The molecule has 1 unspecified atom stereocenters. The van der Waals surface area contributed by atoms with E-state index in [0.717, 1.165) is 12.8 Å². The number of hydrogen-bond donors (Lipinski definition) is 0. The first kappa shape index (κ1) is 15.1. The lowest BCUT2D eigenvalue weighted by Crippen LogP contribution is -2.46. The fourth-order valence-electron chi connectivity index (χ4n) is 2.58. The maximum Gasteiger partial charge on any atom is 0.243 e. The van der Waals surface area contributed by atoms with Gasteiger partial charge in [-0.3, -0.25) is 0 Å². The van der Waals surface area contributed by atoms with Crippen LogP contribution in [0.1, 0.15) is 12.8 Å². The SMILES string of the molecule is COc1ccc(S(=O)(=O)N2CCOC(C3CC3)C2)cc1Cl. The van der Waals surface area contributed by atoms with Crippen LogP contribution in [0.25, 0.3) is 0 Å². The Morgan fingerprint density at radius 3 is 2.76 bits per heavy atom. The number of halogens is 1. The number of methoxy groups -OCH3 is 1. The summed E-state index contributed by atoms with van der Waals surface area (Å²) >= 11 is 6.03. The normalized spacial score (nSPS) is 24.0. The minimum absolute atomic E-state index is 0.0299. The highest BCUT2D eigenvalue weighted by molar-refractivity contribution is 7.89. The lowest BCUT2D eigenvalue weighted by Gasteiger charge is -2.32. The van der Waals surface area contributed by atoms with Crippen molar-refractivity contribution in [3.63, 3.8) is 0 Å². The molecule has 1 saturated heterocycles. The molecular weight excluding hydrogens is 314 g/mol. The molecule has 116 valence electrons. The molecule has 1 aromatic carbocycles. The van der Waals surface area contributed by atoms with Crippen molar-refractivity contribution in [1.82, 2.24) is 4.31 Å². The number of ether oxygens (including phenoxy) is 2. The molecule has 0 N–H and O–H groups in total. The molecule has 1 aliphatic carbocycles. The van der Waals surface area contributed by atoms with E-state index in [9.17, 15) is 8.42 Å². The van der Waals surface area contributed by atoms with Crippen LogP contribution < -0.4 is 4.74 Å². The molecule has 3 rings (SSSR count). The summed E-state index contributed by atoms with van der Waals surface area (Å²) in [7, 11) is -2.04. The molecule has 5 nitrogen and oxygen atoms in total. The topological polar surface area (TPSA) is 55.8 Å². The van der Waals surface area contributed by atoms with Gasteiger partial charge in [0.25, 0.3) is 0 Å². The molecule has 2 fully saturated rings. The summed E-state index contributed by atoms with van der Waals surface area (Å²) in [5.74, 6) is 0.982. The molecule has 0 amide bonds. The van der Waals surface area contributed by atoms with Crippen LogP contribution in [-0.2, 0) is 14.8 Å². The third-order valence-electron chi connectivity index (χ3n) is 3.97. The van der Waals surface area contributed by atoms with E-state index >= 15 is 0 Å². The van der Waals surface area contributed by atoms with Gasteiger partial charge in [-0.05, 0) is 37.0 Å². The van der Waals surface area contributed by atoms with Crippen molar-refractivity contribution in [2.45, 2.75) is 23.8 Å². The number of sulfonamides is 1. The highest BCUT2D eigenvalue weighted by Crippen LogP contribution is 2.37. The van der Waals surface area contributed by atoms with E-state index in [2.05, 4.69) is 0 Å². The Hall–Kier alpha value is -0.820. The molecule has 7 heteroatoms. The van der Waals surface area contributed by atoms with Gasteiger partial charge in [-0.1, -0.05) is 11.6 Å². The van der Waals surface area contributed by atoms with Crippen molar-refractivity contribution in [3.8, 4) is 5.75 Å². The van der Waals surface area contributed by atoms with Gasteiger partial charge in [-0.2, -0.15) is 4.31 Å². The molecular formula is C14H18ClNO4S. The second-order valence-electron chi connectivity index (χ2n) is 5.41. The highest BCUT2D eigenvalue weighted by atomic mass is 35.5. The molecule has 0 aromatic heterocycles. The molecule has 2 aliphatic rings. The van der Waals surface area contributed by atoms with E-state index in [1.54, 1.807) is 6.07 Å². The number of rotatable bonds is 4. The zero-order valence-corrected chi connectivity index (χ0v) is 13.4. The summed E-state index contributed by atoms with van der Waals surface area (Å²) in [6.07, 6.45) is 2.29. The quantitative estimate of drug-likeness (QED) is 0.848. The summed E-state index contributed by atoms with van der Waals surface area (Å²) in [5.41, 5.74) is 0. The van der Waals surface area contributed by atoms with Crippen LogP contribution in [0.4, 0.5) is 0 Å². The molecule has 21 heavy (non-hydrogen) atoms. The average Bonchev–Trinajstić information content (AvgIpc) is 3.32. The van der Waals surface area contributed by atoms with Crippen molar-refractivity contribution in [3.05, 3.63) is 23.2 Å². The fraction of sp³-hybridized carbons (Fsp3) is 0.571. The fourth-order valence-corrected chi connectivity index (χ4v) is 4.36. The van der Waals surface area contributed by atoms with Crippen LogP contribution in [0.3, 0.4) is 0 Å². The van der Waals surface area contributed by atoms with E-state index in [0.29, 0.717) is 36.4 Å². The third-order valence-corrected chi connectivity index (χ3v) is 6.12. The summed E-state index contributed by atoms with van der Waals surface area (Å²) < 4.78 is 37.6. The zero-order valence-electron chi connectivity index (χ0n) is 11.8. The monoisotopic (exact) mass is 331 g/mol. The maximum absolute atomic E-state index is 12.7. The van der Waals surface area contributed by atoms with Crippen LogP contribution in [-0.4, -0.2) is 45.6 Å². The molecule has 0 spiro atoms. The van der Waals surface area contributed by atoms with Gasteiger partial charge in [0.1, 0.15) is 5.75 Å². The predicted molar refractivity (Wildman–Crippen MR) is 79.2 cm³/mol. The lowest BCUT2D eigenvalue weighted by molar-refractivity contribution is -0.0134. The molecule has 1 aliphatic heterocycles. The molecule has 0 bridgehead atoms. The van der Waals surface area contributed by atoms with Crippen LogP contribution in [0, 0.1) is 5.92 Å². The van der Waals surface area contributed by atoms with E-state index in [-0.39, 0.29) is 11.0 Å². The Morgan fingerprint density at radius 2 is 2.14 bits per heavy atom. The first-order valence-electron chi connectivity index (χ1n) is 6.97. The Kier molecular flexibility index (Phi) is 4.14. The summed E-state index contributed by atoms with van der Waals surface area (Å²) in [5, 5.41) is 0.297. The number of nitrogens with zero attached hydrogens (tertiary/aromatic N) is 1. The lowest BCUT2D eigenvalue weighted by atomic mass is 10.2. The summed E-state index contributed by atoms with van der Waals surface area (Å²) in [6.45, 7) is 1.26. The van der Waals surface area contributed by atoms with E-state index in [1.807, 2.05) is 0 Å². The van der Waals surface area contributed by atoms with Gasteiger partial charge in [-0.15, -0.1) is 0 Å². The highest BCUT2D eigenvalue weighted by Gasteiger charge is 2.38. The first-order chi connectivity index (χ1) is 10.0. The van der Waals surface area contributed by atoms with E-state index in [4.69, 9.17) is 21.1 Å². The van der Waals surface area contributed by atoms with Crippen LogP contribution in [0.2, 0.25) is 5.02 Å². The Labute approximate surface area is 129 Å². The van der Waals surface area contributed by atoms with E-state index in [1.165, 1.54) is 23.5 Å². The zero-order chi connectivity index (χ0) is 15.0. The van der Waals surface area contributed by atoms with Crippen molar-refractivity contribution < 1.29 is 17.9 Å². The maximum atomic E-state index is 12.7. The largest absolute Gasteiger partial charge is 0.495 e. The molecule has 1 atom stereocenters. The number of morpholine rings is 1. The van der Waals surface area contributed by atoms with Crippen molar-refractivity contribution in [2.24, 2.45) is 5.92 Å². The second-order valence-corrected chi connectivity index (χ2v) is 7.75. The van der Waals surface area contributed by atoms with E-state index < -0.39 is 10.0 Å². The number of hydrogen-bond acceptors (Lipinski definition) is 4. The van der Waals surface area contributed by atoms with Crippen LogP contribution in [0.5, 0.6) is 5.75 Å². The van der Waals surface area contributed by atoms with Crippen molar-refractivity contribution >= 4 is 21.6 Å². The van der Waals surface area contributed by atoms with Gasteiger partial charge in [0, 0.05) is 13.1 Å². The minimum atomic E-state index is -3.53. The minimum Gasteiger partial charge on any atom is -0.495 e. The summed E-state index contributed by atoms with van der Waals surface area (Å²) in [6, 6.07) is 4.55. The molecule has 0 radical (unpaired) electrons. The molecule has 1 saturated carbocycles. The van der Waals surface area contributed by atoms with Gasteiger partial charge >= 0.3 is 0 Å². The Morgan fingerprint density at radius 1 is 1.38 bits per heavy atom. The number of benzene rings is 1. The van der Waals surface area contributed by atoms with Crippen LogP contribution >= 0.6 is 11.6 Å².